The van der Waals surface area contributed by atoms with Gasteiger partial charge >= 0.3 is 7.82 Å². The van der Waals surface area contributed by atoms with Crippen LogP contribution in [0.3, 0.4) is 0 Å². The van der Waals surface area contributed by atoms with Gasteiger partial charge in [0.05, 0.1) is 6.10 Å². The first-order chi connectivity index (χ1) is 7.48. The minimum Gasteiger partial charge on any atom is -0.303 e. The Labute approximate surface area is 104 Å². The van der Waals surface area contributed by atoms with Gasteiger partial charge in [-0.1, -0.05) is 41.5 Å². The monoisotopic (exact) mass is 264 g/mol. The van der Waals surface area contributed by atoms with Crippen molar-refractivity contribution in [1.82, 2.24) is 0 Å². The van der Waals surface area contributed by atoms with Gasteiger partial charge in [0.1, 0.15) is 0 Å². The Hall–Kier alpha value is 0.110. The van der Waals surface area contributed by atoms with Crippen molar-refractivity contribution in [1.29, 1.82) is 0 Å². The molecule has 0 amide bonds. The van der Waals surface area contributed by atoms with Crippen molar-refractivity contribution in [3.05, 3.63) is 0 Å². The summed E-state index contributed by atoms with van der Waals surface area (Å²) in [5, 5.41) is 0. The maximum absolute atomic E-state index is 11.1. The summed E-state index contributed by atoms with van der Waals surface area (Å²) in [6, 6.07) is 0. The van der Waals surface area contributed by atoms with Crippen molar-refractivity contribution in [3.8, 4) is 0 Å². The van der Waals surface area contributed by atoms with Crippen LogP contribution in [0.1, 0.15) is 41.5 Å². The molecule has 102 valence electrons. The Kier molecular flexibility index (Phi) is 4.15. The first-order valence-corrected chi connectivity index (χ1v) is 7.75. The van der Waals surface area contributed by atoms with Crippen LogP contribution < -0.4 is 0 Å². The largest absolute Gasteiger partial charge is 0.469 e. The highest BCUT2D eigenvalue weighted by molar-refractivity contribution is 7.46. The Bertz CT molecular complexity index is 322. The van der Waals surface area contributed by atoms with Gasteiger partial charge in [-0.3, -0.25) is 4.52 Å². The Morgan fingerprint density at radius 2 is 1.47 bits per heavy atom. The average Bonchev–Trinajstić information content (AvgIpc) is 2.18. The molecule has 0 saturated heterocycles. The molecule has 1 saturated carbocycles. The van der Waals surface area contributed by atoms with Crippen molar-refractivity contribution < 1.29 is 18.9 Å². The van der Waals surface area contributed by atoms with Crippen molar-refractivity contribution >= 4 is 7.82 Å². The molecule has 0 aliphatic heterocycles. The lowest BCUT2D eigenvalue weighted by Gasteiger charge is -2.52. The van der Waals surface area contributed by atoms with E-state index >= 15 is 0 Å². The fourth-order valence-corrected chi connectivity index (χ4v) is 3.76. The molecule has 1 fully saturated rings. The molecule has 0 heterocycles. The van der Waals surface area contributed by atoms with Crippen LogP contribution in [0.2, 0.25) is 0 Å². The molecule has 0 spiro atoms. The Balaban J connectivity index is 3.01. The molecule has 1 rings (SSSR count). The standard InChI is InChI=1S/C12H25O4P/c1-7-8(2)11(16-17(13,14)15)10(4)12(5,6)9(7)3/h7-11H,1-6H3,(H2,13,14,15)/t7-,8?,9?,10-,11-/m0/s1. The van der Waals surface area contributed by atoms with E-state index in [1.54, 1.807) is 0 Å². The fraction of sp³-hybridized carbons (Fsp3) is 1.00. The van der Waals surface area contributed by atoms with Crippen LogP contribution >= 0.6 is 7.82 Å². The molecule has 0 radical (unpaired) electrons. The molecule has 4 nitrogen and oxygen atoms in total. The summed E-state index contributed by atoms with van der Waals surface area (Å²) in [5.74, 6) is 1.17. The van der Waals surface area contributed by atoms with E-state index in [0.717, 1.165) is 0 Å². The van der Waals surface area contributed by atoms with E-state index in [2.05, 4.69) is 27.7 Å². The maximum atomic E-state index is 11.1. The SMILES string of the molecule is CC1[C@H](C)C(C)C(C)(C)[C@@H](C)[C@H]1OP(=O)(O)O. The molecular weight excluding hydrogens is 239 g/mol. The Morgan fingerprint density at radius 1 is 1.00 bits per heavy atom. The van der Waals surface area contributed by atoms with Gasteiger partial charge < -0.3 is 9.79 Å². The molecule has 5 atom stereocenters. The van der Waals surface area contributed by atoms with Gasteiger partial charge in [-0.25, -0.2) is 4.57 Å². The van der Waals surface area contributed by atoms with Crippen LogP contribution in [-0.2, 0) is 9.09 Å². The van der Waals surface area contributed by atoms with Crippen LogP contribution in [0, 0.1) is 29.1 Å². The van der Waals surface area contributed by atoms with E-state index in [1.807, 2.05) is 13.8 Å². The molecule has 0 aromatic rings. The topological polar surface area (TPSA) is 66.8 Å². The zero-order chi connectivity index (χ0) is 13.6. The second kappa shape index (κ2) is 4.65. The highest BCUT2D eigenvalue weighted by Gasteiger charge is 2.50. The summed E-state index contributed by atoms with van der Waals surface area (Å²) in [6.45, 7) is 12.7. The predicted octanol–water partition coefficient (Wildman–Crippen LogP) is 3.05. The normalized spacial score (nSPS) is 42.5. The van der Waals surface area contributed by atoms with Gasteiger partial charge in [0, 0.05) is 0 Å². The molecule has 2 unspecified atom stereocenters. The zero-order valence-electron chi connectivity index (χ0n) is 11.5. The second-order valence-electron chi connectivity index (χ2n) is 6.18. The first-order valence-electron chi connectivity index (χ1n) is 6.22. The summed E-state index contributed by atoms with van der Waals surface area (Å²) < 4.78 is 16.1. The van der Waals surface area contributed by atoms with Crippen LogP contribution in [0.25, 0.3) is 0 Å². The number of phosphoric ester groups is 1. The van der Waals surface area contributed by atoms with Crippen LogP contribution in [0.5, 0.6) is 0 Å². The van der Waals surface area contributed by atoms with Crippen LogP contribution in [0.15, 0.2) is 0 Å². The van der Waals surface area contributed by atoms with Crippen molar-refractivity contribution in [3.63, 3.8) is 0 Å². The summed E-state index contributed by atoms with van der Waals surface area (Å²) in [7, 11) is -4.41. The third kappa shape index (κ3) is 2.93. The summed E-state index contributed by atoms with van der Waals surface area (Å²) >= 11 is 0. The summed E-state index contributed by atoms with van der Waals surface area (Å²) in [4.78, 5) is 18.0. The summed E-state index contributed by atoms with van der Waals surface area (Å²) in [6.07, 6.45) is -0.378. The van der Waals surface area contributed by atoms with E-state index < -0.39 is 7.82 Å². The lowest BCUT2D eigenvalue weighted by atomic mass is 9.55. The number of hydrogen-bond donors (Lipinski definition) is 2. The van der Waals surface area contributed by atoms with Crippen LogP contribution in [-0.4, -0.2) is 15.9 Å². The minimum atomic E-state index is -4.41. The van der Waals surface area contributed by atoms with Gasteiger partial charge in [-0.2, -0.15) is 0 Å². The van der Waals surface area contributed by atoms with E-state index in [4.69, 9.17) is 14.3 Å². The molecule has 1 aliphatic carbocycles. The second-order valence-corrected chi connectivity index (χ2v) is 7.37. The first kappa shape index (κ1) is 15.2. The van der Waals surface area contributed by atoms with Crippen molar-refractivity contribution in [2.45, 2.75) is 47.6 Å². The molecule has 1 aliphatic rings. The predicted molar refractivity (Wildman–Crippen MR) is 67.4 cm³/mol. The molecule has 5 heteroatoms. The maximum Gasteiger partial charge on any atom is 0.469 e. The van der Waals surface area contributed by atoms with Crippen LogP contribution in [0.4, 0.5) is 0 Å². The number of rotatable bonds is 2. The van der Waals surface area contributed by atoms with Gasteiger partial charge in [0.15, 0.2) is 0 Å². The molecule has 2 N–H and O–H groups in total. The van der Waals surface area contributed by atoms with E-state index in [1.165, 1.54) is 0 Å². The number of hydrogen-bond acceptors (Lipinski definition) is 2. The van der Waals surface area contributed by atoms with Gasteiger partial charge in [0.25, 0.3) is 0 Å². The van der Waals surface area contributed by atoms with Crippen molar-refractivity contribution in [2.24, 2.45) is 29.1 Å². The highest BCUT2D eigenvalue weighted by Crippen LogP contribution is 2.54. The fourth-order valence-electron chi connectivity index (χ4n) is 3.07. The molecule has 0 bridgehead atoms. The highest BCUT2D eigenvalue weighted by atomic mass is 31.2. The molecular formula is C12H25O4P. The quantitative estimate of drug-likeness (QED) is 0.752. The average molecular weight is 264 g/mol. The van der Waals surface area contributed by atoms with E-state index in [9.17, 15) is 4.57 Å². The third-order valence-electron chi connectivity index (χ3n) is 5.24. The zero-order valence-corrected chi connectivity index (χ0v) is 12.4. The van der Waals surface area contributed by atoms with Gasteiger partial charge in [-0.15, -0.1) is 0 Å². The van der Waals surface area contributed by atoms with Gasteiger partial charge in [0.2, 0.25) is 0 Å². The lowest BCUT2D eigenvalue weighted by Crippen LogP contribution is -2.51. The Morgan fingerprint density at radius 3 is 1.88 bits per heavy atom. The third-order valence-corrected chi connectivity index (χ3v) is 5.75. The minimum absolute atomic E-state index is 0.0196. The lowest BCUT2D eigenvalue weighted by molar-refractivity contribution is -0.0929. The van der Waals surface area contributed by atoms with E-state index in [-0.39, 0.29) is 23.4 Å². The smallest absolute Gasteiger partial charge is 0.303 e. The molecule has 17 heavy (non-hydrogen) atoms. The molecule has 0 aromatic heterocycles. The van der Waals surface area contributed by atoms with E-state index in [0.29, 0.717) is 11.8 Å². The van der Waals surface area contributed by atoms with Gasteiger partial charge in [-0.05, 0) is 29.1 Å². The van der Waals surface area contributed by atoms with Crippen molar-refractivity contribution in [2.75, 3.05) is 0 Å². The summed E-state index contributed by atoms with van der Waals surface area (Å²) in [5.41, 5.74) is 0.0196. The number of phosphoric acid groups is 1. The molecule has 0 aromatic carbocycles.